The number of aryl methyl sites for hydroxylation is 1. The lowest BCUT2D eigenvalue weighted by molar-refractivity contribution is 0.100. The molecule has 1 unspecified atom stereocenters. The van der Waals surface area contributed by atoms with Crippen LogP contribution in [0.4, 0.5) is 0 Å². The zero-order chi connectivity index (χ0) is 15.1. The molecule has 8 heteroatoms. The lowest BCUT2D eigenvalue weighted by Crippen LogP contribution is -2.24. The third kappa shape index (κ3) is 2.39. The molecule has 0 saturated heterocycles. The van der Waals surface area contributed by atoms with E-state index in [1.54, 1.807) is 20.0 Å². The quantitative estimate of drug-likeness (QED) is 0.496. The molecule has 0 aromatic heterocycles. The lowest BCUT2D eigenvalue weighted by atomic mass is 10.0. The van der Waals surface area contributed by atoms with Crippen molar-refractivity contribution in [1.82, 2.24) is 5.32 Å². The van der Waals surface area contributed by atoms with E-state index in [0.29, 0.717) is 11.1 Å². The molecule has 1 heterocycles. The van der Waals surface area contributed by atoms with Crippen molar-refractivity contribution in [2.45, 2.75) is 17.9 Å². The minimum absolute atomic E-state index is 0.0157. The number of guanidine groups is 1. The number of carbonyl (C=O) groups is 1. The Morgan fingerprint density at radius 1 is 1.40 bits per heavy atom. The van der Waals surface area contributed by atoms with E-state index in [2.05, 4.69) is 10.3 Å². The molecule has 1 aliphatic heterocycles. The van der Waals surface area contributed by atoms with Crippen LogP contribution in [0.25, 0.3) is 0 Å². The molecule has 1 atom stereocenters. The molecule has 0 spiro atoms. The van der Waals surface area contributed by atoms with Gasteiger partial charge in [-0.15, -0.1) is 0 Å². The molecule has 0 aliphatic carbocycles. The molecule has 7 nitrogen and oxygen atoms in total. The van der Waals surface area contributed by atoms with Gasteiger partial charge in [-0.25, -0.2) is 8.42 Å². The van der Waals surface area contributed by atoms with Gasteiger partial charge in [0.05, 0.1) is 10.6 Å². The van der Waals surface area contributed by atoms with E-state index in [4.69, 9.17) is 11.5 Å². The summed E-state index contributed by atoms with van der Waals surface area (Å²) < 4.78 is 24.2. The van der Waals surface area contributed by atoms with Crippen LogP contribution in [0.15, 0.2) is 22.0 Å². The first-order valence-electron chi connectivity index (χ1n) is 5.95. The normalized spacial score (nSPS) is 19.4. The van der Waals surface area contributed by atoms with Gasteiger partial charge in [0.2, 0.25) is 0 Å². The SMILES string of the molecule is CNC1CS(=O)(=O)c2cc(C(=O)N=C(N)N)c(C)cc21. The summed E-state index contributed by atoms with van der Waals surface area (Å²) in [5, 5.41) is 2.95. The number of hydrogen-bond donors (Lipinski definition) is 3. The van der Waals surface area contributed by atoms with Crippen LogP contribution in [-0.2, 0) is 9.84 Å². The topological polar surface area (TPSA) is 128 Å². The van der Waals surface area contributed by atoms with Gasteiger partial charge < -0.3 is 16.8 Å². The van der Waals surface area contributed by atoms with Crippen LogP contribution in [0.1, 0.15) is 27.5 Å². The maximum Gasteiger partial charge on any atom is 0.280 e. The van der Waals surface area contributed by atoms with Crippen molar-refractivity contribution < 1.29 is 13.2 Å². The fraction of sp³-hybridized carbons (Fsp3) is 0.333. The zero-order valence-corrected chi connectivity index (χ0v) is 12.0. The summed E-state index contributed by atoms with van der Waals surface area (Å²) in [5.74, 6) is -1.02. The predicted molar refractivity (Wildman–Crippen MR) is 75.2 cm³/mol. The second-order valence-electron chi connectivity index (χ2n) is 4.67. The Labute approximate surface area is 117 Å². The van der Waals surface area contributed by atoms with Gasteiger partial charge in [-0.2, -0.15) is 4.99 Å². The summed E-state index contributed by atoms with van der Waals surface area (Å²) in [6.07, 6.45) is 0. The highest BCUT2D eigenvalue weighted by molar-refractivity contribution is 7.91. The molecule has 0 bridgehead atoms. The molecule has 1 aromatic carbocycles. The maximum absolute atomic E-state index is 12.1. The van der Waals surface area contributed by atoms with Crippen molar-refractivity contribution in [1.29, 1.82) is 0 Å². The smallest absolute Gasteiger partial charge is 0.280 e. The maximum atomic E-state index is 12.1. The van der Waals surface area contributed by atoms with Gasteiger partial charge >= 0.3 is 0 Å². The Morgan fingerprint density at radius 3 is 2.60 bits per heavy atom. The summed E-state index contributed by atoms with van der Waals surface area (Å²) in [4.78, 5) is 15.5. The number of sulfone groups is 1. The van der Waals surface area contributed by atoms with Crippen molar-refractivity contribution in [3.05, 3.63) is 28.8 Å². The van der Waals surface area contributed by atoms with Crippen molar-refractivity contribution >= 4 is 21.7 Å². The number of hydrogen-bond acceptors (Lipinski definition) is 4. The Kier molecular flexibility index (Phi) is 3.53. The highest BCUT2D eigenvalue weighted by atomic mass is 32.2. The molecule has 0 radical (unpaired) electrons. The van der Waals surface area contributed by atoms with Crippen LogP contribution in [0, 0.1) is 6.92 Å². The van der Waals surface area contributed by atoms with E-state index in [1.807, 2.05) is 0 Å². The van der Waals surface area contributed by atoms with E-state index < -0.39 is 15.7 Å². The molecule has 0 fully saturated rings. The fourth-order valence-corrected chi connectivity index (χ4v) is 4.12. The highest BCUT2D eigenvalue weighted by Crippen LogP contribution is 2.35. The average Bonchev–Trinajstić information content (AvgIpc) is 2.58. The second-order valence-corrected chi connectivity index (χ2v) is 6.67. The van der Waals surface area contributed by atoms with Crippen LogP contribution in [0.2, 0.25) is 0 Å². The number of fused-ring (bicyclic) bond motifs is 1. The molecule has 2 rings (SSSR count). The fourth-order valence-electron chi connectivity index (χ4n) is 2.30. The summed E-state index contributed by atoms with van der Waals surface area (Å²) in [6, 6.07) is 2.78. The third-order valence-corrected chi connectivity index (χ3v) is 5.06. The monoisotopic (exact) mass is 296 g/mol. The van der Waals surface area contributed by atoms with Crippen LogP contribution in [0.3, 0.4) is 0 Å². The number of nitrogens with one attached hydrogen (secondary N) is 1. The van der Waals surface area contributed by atoms with E-state index in [-0.39, 0.29) is 28.2 Å². The number of benzene rings is 1. The van der Waals surface area contributed by atoms with E-state index in [1.165, 1.54) is 6.07 Å². The largest absolute Gasteiger partial charge is 0.370 e. The number of carbonyl (C=O) groups excluding carboxylic acids is 1. The summed E-state index contributed by atoms with van der Waals surface area (Å²) in [5.41, 5.74) is 11.8. The van der Waals surface area contributed by atoms with Gasteiger partial charge in [0.25, 0.3) is 5.91 Å². The minimum atomic E-state index is -3.39. The Morgan fingerprint density at radius 2 is 2.05 bits per heavy atom. The highest BCUT2D eigenvalue weighted by Gasteiger charge is 2.35. The third-order valence-electron chi connectivity index (χ3n) is 3.26. The molecule has 1 aliphatic rings. The molecule has 5 N–H and O–H groups in total. The number of aliphatic imine (C=N–C) groups is 1. The number of rotatable bonds is 2. The summed E-state index contributed by atoms with van der Waals surface area (Å²) in [7, 11) is -1.70. The first-order chi connectivity index (χ1) is 9.26. The zero-order valence-electron chi connectivity index (χ0n) is 11.2. The van der Waals surface area contributed by atoms with Crippen molar-refractivity contribution in [3.63, 3.8) is 0 Å². The van der Waals surface area contributed by atoms with Gasteiger partial charge in [-0.05, 0) is 31.2 Å². The van der Waals surface area contributed by atoms with Crippen LogP contribution in [-0.4, -0.2) is 33.1 Å². The van der Waals surface area contributed by atoms with Crippen molar-refractivity contribution in [2.75, 3.05) is 12.8 Å². The van der Waals surface area contributed by atoms with Crippen molar-refractivity contribution in [3.8, 4) is 0 Å². The van der Waals surface area contributed by atoms with Crippen LogP contribution < -0.4 is 16.8 Å². The molecular formula is C12H16N4O3S. The second kappa shape index (κ2) is 4.88. The Balaban J connectivity index is 2.62. The predicted octanol–water partition coefficient (Wildman–Crippen LogP) is -0.544. The van der Waals surface area contributed by atoms with E-state index >= 15 is 0 Å². The van der Waals surface area contributed by atoms with Crippen molar-refractivity contribution in [2.24, 2.45) is 16.5 Å². The van der Waals surface area contributed by atoms with Gasteiger partial charge in [-0.3, -0.25) is 4.79 Å². The minimum Gasteiger partial charge on any atom is -0.370 e. The number of nitrogens with two attached hydrogens (primary N) is 2. The first-order valence-corrected chi connectivity index (χ1v) is 7.60. The van der Waals surface area contributed by atoms with Crippen LogP contribution in [0.5, 0.6) is 0 Å². The first kappa shape index (κ1) is 14.5. The Hall–Kier alpha value is -1.93. The molecule has 1 amide bonds. The molecule has 20 heavy (non-hydrogen) atoms. The van der Waals surface area contributed by atoms with Gasteiger partial charge in [-0.1, -0.05) is 6.07 Å². The summed E-state index contributed by atoms with van der Waals surface area (Å²) in [6.45, 7) is 1.72. The summed E-state index contributed by atoms with van der Waals surface area (Å²) >= 11 is 0. The molecular weight excluding hydrogens is 280 g/mol. The number of amides is 1. The molecule has 0 saturated carbocycles. The average molecular weight is 296 g/mol. The van der Waals surface area contributed by atoms with Gasteiger partial charge in [0.1, 0.15) is 0 Å². The lowest BCUT2D eigenvalue weighted by Gasteiger charge is -2.10. The van der Waals surface area contributed by atoms with E-state index in [9.17, 15) is 13.2 Å². The molecule has 108 valence electrons. The number of nitrogens with zero attached hydrogens (tertiary/aromatic N) is 1. The van der Waals surface area contributed by atoms with Gasteiger partial charge in [0, 0.05) is 11.6 Å². The van der Waals surface area contributed by atoms with E-state index in [0.717, 1.165) is 0 Å². The standard InChI is InChI=1S/C12H16N4O3S/c1-6-3-8-9(15-2)5-20(18,19)10(8)4-7(6)11(17)16-12(13)14/h3-4,9,15H,5H2,1-2H3,(H4,13,14,16,17). The van der Waals surface area contributed by atoms with Gasteiger partial charge in [0.15, 0.2) is 15.8 Å². The van der Waals surface area contributed by atoms with Crippen LogP contribution >= 0.6 is 0 Å². The Bertz CT molecular complexity index is 706. The molecule has 1 aromatic rings.